The summed E-state index contributed by atoms with van der Waals surface area (Å²) in [7, 11) is 0. The Kier molecular flexibility index (Phi) is 3.25. The van der Waals surface area contributed by atoms with E-state index in [-0.39, 0.29) is 11.3 Å². The molecule has 0 fully saturated rings. The number of carboxylic acids is 1. The SMILES string of the molecule is Nc1cc(C[N+](=O)[O-])c(Br)cc1C(=O)O. The first-order valence-corrected chi connectivity index (χ1v) is 4.64. The van der Waals surface area contributed by atoms with Crippen LogP contribution in [0.15, 0.2) is 16.6 Å². The molecule has 0 aliphatic heterocycles. The number of carbonyl (C=O) groups is 1. The smallest absolute Gasteiger partial charge is 0.337 e. The van der Waals surface area contributed by atoms with Crippen LogP contribution in [0.3, 0.4) is 0 Å². The largest absolute Gasteiger partial charge is 0.478 e. The molecule has 0 unspecified atom stereocenters. The average Bonchev–Trinajstić information content (AvgIpc) is 2.09. The van der Waals surface area contributed by atoms with Gasteiger partial charge < -0.3 is 10.8 Å². The Morgan fingerprint density at radius 1 is 1.60 bits per heavy atom. The lowest BCUT2D eigenvalue weighted by Crippen LogP contribution is -2.06. The molecule has 7 heteroatoms. The number of hydrogen-bond donors (Lipinski definition) is 2. The third kappa shape index (κ3) is 2.66. The molecule has 0 spiro atoms. The van der Waals surface area contributed by atoms with Crippen molar-refractivity contribution in [2.24, 2.45) is 0 Å². The molecule has 0 bridgehead atoms. The van der Waals surface area contributed by atoms with E-state index in [1.54, 1.807) is 0 Å². The van der Waals surface area contributed by atoms with Gasteiger partial charge in [0.1, 0.15) is 0 Å². The highest BCUT2D eigenvalue weighted by molar-refractivity contribution is 9.10. The number of carboxylic acid groups (broad SMARTS) is 1. The van der Waals surface area contributed by atoms with Crippen LogP contribution in [0, 0.1) is 10.1 Å². The van der Waals surface area contributed by atoms with E-state index in [1.807, 2.05) is 0 Å². The van der Waals surface area contributed by atoms with E-state index in [9.17, 15) is 14.9 Å². The van der Waals surface area contributed by atoms with Gasteiger partial charge in [0.05, 0.1) is 5.56 Å². The van der Waals surface area contributed by atoms with Gasteiger partial charge in [-0.1, -0.05) is 15.9 Å². The molecular formula is C8H7BrN2O4. The number of rotatable bonds is 3. The van der Waals surface area contributed by atoms with Gasteiger partial charge in [-0.2, -0.15) is 0 Å². The molecule has 1 aromatic rings. The maximum Gasteiger partial charge on any atom is 0.337 e. The molecule has 0 saturated heterocycles. The lowest BCUT2D eigenvalue weighted by molar-refractivity contribution is -0.496. The third-order valence-electron chi connectivity index (χ3n) is 1.75. The van der Waals surface area contributed by atoms with E-state index in [1.165, 1.54) is 12.1 Å². The summed E-state index contributed by atoms with van der Waals surface area (Å²) in [6.07, 6.45) is 0. The number of nitrogens with zero attached hydrogens (tertiary/aromatic N) is 1. The van der Waals surface area contributed by atoms with Crippen LogP contribution < -0.4 is 5.73 Å². The first-order valence-electron chi connectivity index (χ1n) is 3.85. The summed E-state index contributed by atoms with van der Waals surface area (Å²) in [4.78, 5) is 20.4. The zero-order valence-electron chi connectivity index (χ0n) is 7.44. The van der Waals surface area contributed by atoms with Crippen molar-refractivity contribution in [1.29, 1.82) is 0 Å². The molecule has 0 atom stereocenters. The molecule has 0 saturated carbocycles. The number of nitrogen functional groups attached to an aromatic ring is 1. The Morgan fingerprint density at radius 3 is 2.67 bits per heavy atom. The summed E-state index contributed by atoms with van der Waals surface area (Å²) >= 11 is 3.05. The maximum atomic E-state index is 10.7. The minimum Gasteiger partial charge on any atom is -0.478 e. The fraction of sp³-hybridized carbons (Fsp3) is 0.125. The number of halogens is 1. The molecule has 0 aliphatic rings. The summed E-state index contributed by atoms with van der Waals surface area (Å²) in [5, 5.41) is 19.0. The molecule has 1 rings (SSSR count). The number of aromatic carboxylic acids is 1. The predicted octanol–water partition coefficient (Wildman–Crippen LogP) is 1.51. The van der Waals surface area contributed by atoms with Crippen LogP contribution in [0.4, 0.5) is 5.69 Å². The molecule has 1 aromatic carbocycles. The number of nitrogens with two attached hydrogens (primary N) is 1. The molecule has 3 N–H and O–H groups in total. The van der Waals surface area contributed by atoms with Crippen molar-refractivity contribution < 1.29 is 14.8 Å². The normalized spacial score (nSPS) is 9.93. The van der Waals surface area contributed by atoms with Gasteiger partial charge in [-0.3, -0.25) is 10.1 Å². The van der Waals surface area contributed by atoms with Crippen molar-refractivity contribution in [2.75, 3.05) is 5.73 Å². The molecule has 0 heterocycles. The van der Waals surface area contributed by atoms with Crippen molar-refractivity contribution >= 4 is 27.6 Å². The van der Waals surface area contributed by atoms with Gasteiger partial charge >= 0.3 is 5.97 Å². The molecule has 0 radical (unpaired) electrons. The highest BCUT2D eigenvalue weighted by atomic mass is 79.9. The van der Waals surface area contributed by atoms with E-state index in [4.69, 9.17) is 10.8 Å². The molecule has 0 aliphatic carbocycles. The lowest BCUT2D eigenvalue weighted by atomic mass is 10.1. The van der Waals surface area contributed by atoms with E-state index in [0.29, 0.717) is 10.0 Å². The van der Waals surface area contributed by atoms with Crippen LogP contribution in [-0.2, 0) is 6.54 Å². The quantitative estimate of drug-likeness (QED) is 0.494. The molecular weight excluding hydrogens is 268 g/mol. The number of benzene rings is 1. The fourth-order valence-electron chi connectivity index (χ4n) is 1.08. The summed E-state index contributed by atoms with van der Waals surface area (Å²) in [6, 6.07) is 2.55. The standard InChI is InChI=1S/C8H7BrN2O4/c9-6-2-5(8(12)13)7(10)1-4(6)3-11(14)15/h1-2H,3,10H2,(H,12,13). The molecule has 15 heavy (non-hydrogen) atoms. The van der Waals surface area contributed by atoms with E-state index in [2.05, 4.69) is 15.9 Å². The van der Waals surface area contributed by atoms with E-state index in [0.717, 1.165) is 0 Å². The van der Waals surface area contributed by atoms with Crippen LogP contribution in [0.2, 0.25) is 0 Å². The van der Waals surface area contributed by atoms with Crippen LogP contribution in [0.5, 0.6) is 0 Å². The number of nitro groups is 1. The Bertz CT molecular complexity index is 433. The highest BCUT2D eigenvalue weighted by Gasteiger charge is 2.14. The zero-order chi connectivity index (χ0) is 11.6. The van der Waals surface area contributed by atoms with Crippen LogP contribution >= 0.6 is 15.9 Å². The second kappa shape index (κ2) is 4.26. The minimum atomic E-state index is -1.17. The summed E-state index contributed by atoms with van der Waals surface area (Å²) in [5.74, 6) is -1.17. The van der Waals surface area contributed by atoms with Crippen LogP contribution in [0.1, 0.15) is 15.9 Å². The Hall–Kier alpha value is -1.63. The van der Waals surface area contributed by atoms with Gasteiger partial charge in [0.2, 0.25) is 6.54 Å². The summed E-state index contributed by atoms with van der Waals surface area (Å²) < 4.78 is 0.366. The van der Waals surface area contributed by atoms with Gasteiger partial charge in [-0.05, 0) is 12.1 Å². The van der Waals surface area contributed by atoms with E-state index < -0.39 is 17.4 Å². The Morgan fingerprint density at radius 2 is 2.20 bits per heavy atom. The average molecular weight is 275 g/mol. The van der Waals surface area contributed by atoms with Gasteiger partial charge in [-0.25, -0.2) is 4.79 Å². The van der Waals surface area contributed by atoms with Crippen molar-refractivity contribution in [3.8, 4) is 0 Å². The van der Waals surface area contributed by atoms with Gasteiger partial charge in [-0.15, -0.1) is 0 Å². The van der Waals surface area contributed by atoms with Crippen molar-refractivity contribution in [1.82, 2.24) is 0 Å². The highest BCUT2D eigenvalue weighted by Crippen LogP contribution is 2.24. The Balaban J connectivity index is 3.19. The summed E-state index contributed by atoms with van der Waals surface area (Å²) in [6.45, 7) is -0.398. The Labute approximate surface area is 93.0 Å². The molecule has 0 aromatic heterocycles. The van der Waals surface area contributed by atoms with Gasteiger partial charge in [0, 0.05) is 20.6 Å². The fourth-order valence-corrected chi connectivity index (χ4v) is 1.55. The monoisotopic (exact) mass is 274 g/mol. The van der Waals surface area contributed by atoms with E-state index >= 15 is 0 Å². The zero-order valence-corrected chi connectivity index (χ0v) is 9.02. The topological polar surface area (TPSA) is 106 Å². The van der Waals surface area contributed by atoms with Gasteiger partial charge in [0.15, 0.2) is 0 Å². The maximum absolute atomic E-state index is 10.7. The van der Waals surface area contributed by atoms with Crippen LogP contribution in [0.25, 0.3) is 0 Å². The second-order valence-electron chi connectivity index (χ2n) is 2.83. The predicted molar refractivity (Wildman–Crippen MR) is 56.2 cm³/mol. The third-order valence-corrected chi connectivity index (χ3v) is 2.49. The first kappa shape index (κ1) is 11.4. The molecule has 0 amide bonds. The molecule has 6 nitrogen and oxygen atoms in total. The second-order valence-corrected chi connectivity index (χ2v) is 3.68. The lowest BCUT2D eigenvalue weighted by Gasteiger charge is -2.05. The number of anilines is 1. The molecule has 80 valence electrons. The minimum absolute atomic E-state index is 0.0163. The number of hydrogen-bond acceptors (Lipinski definition) is 4. The first-order chi connectivity index (χ1) is 6.91. The van der Waals surface area contributed by atoms with Gasteiger partial charge in [0.25, 0.3) is 0 Å². The van der Waals surface area contributed by atoms with Crippen molar-refractivity contribution in [3.05, 3.63) is 37.8 Å². The van der Waals surface area contributed by atoms with Crippen molar-refractivity contribution in [2.45, 2.75) is 6.54 Å². The summed E-state index contributed by atoms with van der Waals surface area (Å²) in [5.41, 5.74) is 5.73. The van der Waals surface area contributed by atoms with Crippen LogP contribution in [-0.4, -0.2) is 16.0 Å². The van der Waals surface area contributed by atoms with Crippen molar-refractivity contribution in [3.63, 3.8) is 0 Å².